The summed E-state index contributed by atoms with van der Waals surface area (Å²) in [6.45, 7) is 2.03. The SMILES string of the molecule is CCOC(=O)Cc1csc(NC(=O)CSc2cccc(NC(=O)/C(=C/c3ccsc3)NC(=O)c3ccccc3)c2)n1. The second-order valence-corrected chi connectivity index (χ2v) is 11.1. The van der Waals surface area contributed by atoms with Crippen LogP contribution in [0.4, 0.5) is 10.8 Å². The molecule has 2 heterocycles. The number of aromatic nitrogens is 1. The smallest absolute Gasteiger partial charge is 0.311 e. The van der Waals surface area contributed by atoms with Crippen molar-refractivity contribution in [2.45, 2.75) is 18.2 Å². The molecule has 4 rings (SSSR count). The van der Waals surface area contributed by atoms with Crippen LogP contribution in [0.3, 0.4) is 0 Å². The number of amides is 3. The van der Waals surface area contributed by atoms with E-state index in [-0.39, 0.29) is 29.7 Å². The summed E-state index contributed by atoms with van der Waals surface area (Å²) in [6.07, 6.45) is 1.67. The molecule has 0 saturated carbocycles. The van der Waals surface area contributed by atoms with Gasteiger partial charge in [0.05, 0.1) is 24.5 Å². The number of anilines is 2. The van der Waals surface area contributed by atoms with E-state index >= 15 is 0 Å². The van der Waals surface area contributed by atoms with E-state index < -0.39 is 11.8 Å². The molecule has 0 aliphatic heterocycles. The highest BCUT2D eigenvalue weighted by molar-refractivity contribution is 8.00. The first-order valence-corrected chi connectivity index (χ1v) is 15.2. The topological polar surface area (TPSA) is 126 Å². The van der Waals surface area contributed by atoms with E-state index in [0.717, 1.165) is 10.5 Å². The average Bonchev–Trinajstić information content (AvgIpc) is 3.64. The van der Waals surface area contributed by atoms with Gasteiger partial charge in [-0.3, -0.25) is 19.2 Å². The van der Waals surface area contributed by atoms with E-state index in [1.807, 2.05) is 29.0 Å². The Labute approximate surface area is 249 Å². The minimum Gasteiger partial charge on any atom is -0.466 e. The van der Waals surface area contributed by atoms with Crippen LogP contribution in [0.1, 0.15) is 28.5 Å². The number of nitrogens with one attached hydrogen (secondary N) is 3. The molecule has 2 aromatic heterocycles. The van der Waals surface area contributed by atoms with Gasteiger partial charge in [-0.15, -0.1) is 23.1 Å². The molecular formula is C29H26N4O5S3. The fraction of sp³-hybridized carbons (Fsp3) is 0.138. The van der Waals surface area contributed by atoms with Gasteiger partial charge in [0.15, 0.2) is 5.13 Å². The van der Waals surface area contributed by atoms with Crippen molar-refractivity contribution in [1.82, 2.24) is 10.3 Å². The van der Waals surface area contributed by atoms with Gasteiger partial charge in [0.25, 0.3) is 11.8 Å². The molecule has 3 amide bonds. The molecule has 2 aromatic carbocycles. The Morgan fingerprint density at radius 2 is 1.83 bits per heavy atom. The third kappa shape index (κ3) is 9.41. The lowest BCUT2D eigenvalue weighted by molar-refractivity contribution is -0.142. The Kier molecular flexibility index (Phi) is 10.8. The molecule has 0 radical (unpaired) electrons. The molecular weight excluding hydrogens is 581 g/mol. The molecule has 0 aliphatic carbocycles. The summed E-state index contributed by atoms with van der Waals surface area (Å²) >= 11 is 4.00. The molecule has 0 aliphatic rings. The van der Waals surface area contributed by atoms with Crippen LogP contribution in [0.25, 0.3) is 6.08 Å². The monoisotopic (exact) mass is 606 g/mol. The second-order valence-electron chi connectivity index (χ2n) is 8.38. The molecule has 4 aromatic rings. The van der Waals surface area contributed by atoms with Crippen molar-refractivity contribution >= 4 is 75.0 Å². The highest BCUT2D eigenvalue weighted by atomic mass is 32.2. The van der Waals surface area contributed by atoms with Crippen LogP contribution in [0.2, 0.25) is 0 Å². The van der Waals surface area contributed by atoms with E-state index in [9.17, 15) is 19.2 Å². The highest BCUT2D eigenvalue weighted by Gasteiger charge is 2.16. The van der Waals surface area contributed by atoms with Crippen molar-refractivity contribution < 1.29 is 23.9 Å². The predicted octanol–water partition coefficient (Wildman–Crippen LogP) is 5.45. The average molecular weight is 607 g/mol. The summed E-state index contributed by atoms with van der Waals surface area (Å²) < 4.78 is 4.92. The molecule has 41 heavy (non-hydrogen) atoms. The first kappa shape index (κ1) is 29.7. The zero-order chi connectivity index (χ0) is 29.0. The van der Waals surface area contributed by atoms with Crippen LogP contribution in [-0.4, -0.2) is 41.0 Å². The van der Waals surface area contributed by atoms with Crippen LogP contribution in [0.15, 0.2) is 87.4 Å². The number of hydrogen-bond donors (Lipinski definition) is 3. The summed E-state index contributed by atoms with van der Waals surface area (Å²) in [4.78, 5) is 55.0. The molecule has 0 unspecified atom stereocenters. The number of benzene rings is 2. The Morgan fingerprint density at radius 1 is 1.00 bits per heavy atom. The molecule has 0 bridgehead atoms. The maximum absolute atomic E-state index is 13.2. The van der Waals surface area contributed by atoms with Gasteiger partial charge in [0.2, 0.25) is 5.91 Å². The lowest BCUT2D eigenvalue weighted by Gasteiger charge is -2.12. The minimum absolute atomic E-state index is 0.0492. The standard InChI is InChI=1S/C29H26N4O5S3/c1-2-38-26(35)15-22-17-41-29(31-22)33-25(34)18-40-23-10-6-9-21(14-23)30-28(37)24(13-19-11-12-39-16-19)32-27(36)20-7-4-3-5-8-20/h3-14,16-17H,2,15,18H2,1H3,(H,30,37)(H,32,36)(H,31,33,34)/b24-13-. The molecule has 210 valence electrons. The summed E-state index contributed by atoms with van der Waals surface area (Å²) in [6, 6.07) is 17.6. The minimum atomic E-state index is -0.484. The van der Waals surface area contributed by atoms with Crippen molar-refractivity contribution in [3.8, 4) is 0 Å². The quantitative estimate of drug-likeness (QED) is 0.111. The fourth-order valence-electron chi connectivity index (χ4n) is 3.44. The van der Waals surface area contributed by atoms with Crippen LogP contribution in [0.5, 0.6) is 0 Å². The third-order valence-electron chi connectivity index (χ3n) is 5.27. The van der Waals surface area contributed by atoms with Crippen molar-refractivity contribution in [2.24, 2.45) is 0 Å². The third-order valence-corrected chi connectivity index (χ3v) is 7.78. The van der Waals surface area contributed by atoms with Crippen molar-refractivity contribution in [3.63, 3.8) is 0 Å². The first-order valence-electron chi connectivity index (χ1n) is 12.4. The summed E-state index contributed by atoms with van der Waals surface area (Å²) in [5, 5.41) is 14.1. The Balaban J connectivity index is 1.35. The number of thiazole rings is 1. The maximum atomic E-state index is 13.2. The molecule has 0 saturated heterocycles. The molecule has 0 fully saturated rings. The zero-order valence-corrected chi connectivity index (χ0v) is 24.4. The van der Waals surface area contributed by atoms with Gasteiger partial charge >= 0.3 is 5.97 Å². The van der Waals surface area contributed by atoms with Gasteiger partial charge in [0, 0.05) is 21.5 Å². The van der Waals surface area contributed by atoms with Crippen molar-refractivity contribution in [2.75, 3.05) is 23.0 Å². The molecule has 0 spiro atoms. The Morgan fingerprint density at radius 3 is 2.59 bits per heavy atom. The van der Waals surface area contributed by atoms with Crippen LogP contribution in [-0.2, 0) is 25.5 Å². The number of carbonyl (C=O) groups excluding carboxylic acids is 4. The number of nitrogens with zero attached hydrogens (tertiary/aromatic N) is 1. The second kappa shape index (κ2) is 14.9. The van der Waals surface area contributed by atoms with E-state index in [4.69, 9.17) is 4.74 Å². The number of hydrogen-bond acceptors (Lipinski definition) is 9. The largest absolute Gasteiger partial charge is 0.466 e. The Bertz CT molecular complexity index is 1530. The number of ether oxygens (including phenoxy) is 1. The van der Waals surface area contributed by atoms with E-state index in [0.29, 0.717) is 28.7 Å². The lowest BCUT2D eigenvalue weighted by atomic mass is 10.2. The van der Waals surface area contributed by atoms with Crippen molar-refractivity contribution in [3.05, 3.63) is 99.3 Å². The van der Waals surface area contributed by atoms with Gasteiger partial charge in [0.1, 0.15) is 5.70 Å². The van der Waals surface area contributed by atoms with E-state index in [1.54, 1.807) is 60.8 Å². The van der Waals surface area contributed by atoms with Crippen molar-refractivity contribution in [1.29, 1.82) is 0 Å². The molecule has 0 atom stereocenters. The fourth-order valence-corrected chi connectivity index (χ4v) is 5.54. The Hall–Kier alpha value is -4.26. The van der Waals surface area contributed by atoms with Crippen LogP contribution >= 0.6 is 34.4 Å². The number of carbonyl (C=O) groups is 4. The highest BCUT2D eigenvalue weighted by Crippen LogP contribution is 2.23. The van der Waals surface area contributed by atoms with Gasteiger partial charge in [-0.2, -0.15) is 11.3 Å². The first-order chi connectivity index (χ1) is 19.9. The van der Waals surface area contributed by atoms with Crippen LogP contribution in [0, 0.1) is 0 Å². The normalized spacial score (nSPS) is 11.0. The summed E-state index contributed by atoms with van der Waals surface area (Å²) in [7, 11) is 0. The zero-order valence-electron chi connectivity index (χ0n) is 21.9. The van der Waals surface area contributed by atoms with Gasteiger partial charge in [-0.25, -0.2) is 4.98 Å². The number of rotatable bonds is 12. The van der Waals surface area contributed by atoms with Crippen LogP contribution < -0.4 is 16.0 Å². The molecule has 9 nitrogen and oxygen atoms in total. The maximum Gasteiger partial charge on any atom is 0.311 e. The van der Waals surface area contributed by atoms with Gasteiger partial charge < -0.3 is 20.7 Å². The lowest BCUT2D eigenvalue weighted by Crippen LogP contribution is -2.30. The predicted molar refractivity (Wildman–Crippen MR) is 163 cm³/mol. The summed E-state index contributed by atoms with van der Waals surface area (Å²) in [5.74, 6) is -1.40. The number of esters is 1. The number of thioether (sulfide) groups is 1. The van der Waals surface area contributed by atoms with Gasteiger partial charge in [-0.05, 0) is 65.7 Å². The van der Waals surface area contributed by atoms with E-state index in [2.05, 4.69) is 20.9 Å². The molecule has 3 N–H and O–H groups in total. The van der Waals surface area contributed by atoms with Gasteiger partial charge in [-0.1, -0.05) is 24.3 Å². The molecule has 12 heteroatoms. The number of thiophene rings is 1. The summed E-state index contributed by atoms with van der Waals surface area (Å²) in [5.41, 5.74) is 2.36. The van der Waals surface area contributed by atoms with E-state index in [1.165, 1.54) is 34.4 Å².